The van der Waals surface area contributed by atoms with Crippen molar-refractivity contribution in [3.8, 4) is 5.75 Å². The number of nitrogens with zero attached hydrogens (tertiary/aromatic N) is 4. The van der Waals surface area contributed by atoms with Crippen LogP contribution < -0.4 is 4.74 Å². The third-order valence-electron chi connectivity index (χ3n) is 3.56. The molecule has 2 rings (SSSR count). The lowest BCUT2D eigenvalue weighted by molar-refractivity contribution is -0.397. The molecular formula is C15H10N4O9. The van der Waals surface area contributed by atoms with E-state index < -0.39 is 48.0 Å². The van der Waals surface area contributed by atoms with Crippen LogP contribution in [0.4, 0.5) is 17.1 Å². The second-order valence-corrected chi connectivity index (χ2v) is 5.19. The van der Waals surface area contributed by atoms with Gasteiger partial charge in [0.15, 0.2) is 5.75 Å². The fourth-order valence-electron chi connectivity index (χ4n) is 2.33. The maximum Gasteiger partial charge on any atom is 0.311 e. The van der Waals surface area contributed by atoms with E-state index in [1.807, 2.05) is 0 Å². The van der Waals surface area contributed by atoms with Crippen LogP contribution in [0.3, 0.4) is 0 Å². The molecule has 0 spiro atoms. The fourth-order valence-corrected chi connectivity index (χ4v) is 2.33. The summed E-state index contributed by atoms with van der Waals surface area (Å²) in [5.41, 5.74) is -3.16. The van der Waals surface area contributed by atoms with Gasteiger partial charge in [0, 0.05) is 18.2 Å². The van der Waals surface area contributed by atoms with E-state index in [0.29, 0.717) is 6.07 Å². The summed E-state index contributed by atoms with van der Waals surface area (Å²) in [5, 5.41) is 44.6. The van der Waals surface area contributed by atoms with Crippen molar-refractivity contribution in [2.45, 2.75) is 0 Å². The van der Waals surface area contributed by atoms with Gasteiger partial charge in [0.05, 0.1) is 32.9 Å². The molecule has 0 fully saturated rings. The highest BCUT2D eigenvalue weighted by Crippen LogP contribution is 2.33. The van der Waals surface area contributed by atoms with E-state index in [1.54, 1.807) is 0 Å². The standard InChI is InChI=1S/C15H10N4O9/c1-28-15-5-2-9(7-14(15)19(26)27)6-12(17(22)23)11-4-3-10(16(20)21)8-13(11)18(24)25/h2-8H,1H3. The van der Waals surface area contributed by atoms with Gasteiger partial charge >= 0.3 is 5.69 Å². The molecule has 0 aliphatic carbocycles. The Hall–Kier alpha value is -4.42. The molecule has 0 bridgehead atoms. The summed E-state index contributed by atoms with van der Waals surface area (Å²) in [6, 6.07) is 5.86. The van der Waals surface area contributed by atoms with Gasteiger partial charge in [-0.15, -0.1) is 0 Å². The van der Waals surface area contributed by atoms with Crippen molar-refractivity contribution in [3.63, 3.8) is 0 Å². The summed E-state index contributed by atoms with van der Waals surface area (Å²) in [7, 11) is 1.21. The van der Waals surface area contributed by atoms with Crippen molar-refractivity contribution in [3.05, 3.63) is 88.0 Å². The molecule has 0 aromatic heterocycles. The highest BCUT2D eigenvalue weighted by molar-refractivity contribution is 5.82. The van der Waals surface area contributed by atoms with Crippen LogP contribution in [0.2, 0.25) is 0 Å². The van der Waals surface area contributed by atoms with Gasteiger partial charge in [-0.1, -0.05) is 6.07 Å². The first kappa shape index (κ1) is 19.9. The van der Waals surface area contributed by atoms with Crippen molar-refractivity contribution < 1.29 is 24.4 Å². The van der Waals surface area contributed by atoms with Crippen LogP contribution in [0.15, 0.2) is 36.4 Å². The summed E-state index contributed by atoms with van der Waals surface area (Å²) in [5.74, 6) is -0.0777. The molecule has 2 aromatic carbocycles. The van der Waals surface area contributed by atoms with Crippen LogP contribution in [0.1, 0.15) is 11.1 Å². The van der Waals surface area contributed by atoms with Crippen molar-refractivity contribution in [2.24, 2.45) is 0 Å². The predicted octanol–water partition coefficient (Wildman–Crippen LogP) is 3.19. The number of benzene rings is 2. The summed E-state index contributed by atoms with van der Waals surface area (Å²) >= 11 is 0. The van der Waals surface area contributed by atoms with E-state index >= 15 is 0 Å². The minimum Gasteiger partial charge on any atom is -0.490 e. The van der Waals surface area contributed by atoms with Crippen LogP contribution >= 0.6 is 0 Å². The lowest BCUT2D eigenvalue weighted by Crippen LogP contribution is -2.03. The second-order valence-electron chi connectivity index (χ2n) is 5.19. The maximum atomic E-state index is 11.5. The molecule has 0 amide bonds. The number of methoxy groups -OCH3 is 1. The van der Waals surface area contributed by atoms with E-state index in [4.69, 9.17) is 4.74 Å². The van der Waals surface area contributed by atoms with Crippen molar-refractivity contribution in [1.82, 2.24) is 0 Å². The number of hydrogen-bond donors (Lipinski definition) is 0. The fraction of sp³-hybridized carbons (Fsp3) is 0.0667. The predicted molar refractivity (Wildman–Crippen MR) is 94.3 cm³/mol. The molecule has 0 aliphatic rings. The molecule has 13 nitrogen and oxygen atoms in total. The number of rotatable bonds is 7. The zero-order chi connectivity index (χ0) is 21.0. The normalized spacial score (nSPS) is 11.0. The molecule has 0 unspecified atom stereocenters. The van der Waals surface area contributed by atoms with E-state index in [1.165, 1.54) is 19.2 Å². The molecule has 0 saturated carbocycles. The summed E-state index contributed by atoms with van der Waals surface area (Å²) in [6.45, 7) is 0. The second kappa shape index (κ2) is 7.86. The Kier molecular flexibility index (Phi) is 5.58. The molecule has 28 heavy (non-hydrogen) atoms. The van der Waals surface area contributed by atoms with Gasteiger partial charge in [-0.05, 0) is 17.7 Å². The third-order valence-corrected chi connectivity index (χ3v) is 3.56. The topological polar surface area (TPSA) is 182 Å². The summed E-state index contributed by atoms with van der Waals surface area (Å²) in [6.07, 6.45) is 0.889. The SMILES string of the molecule is COc1ccc(C=C(c2ccc([N+](=O)[O-])cc2[N+](=O)[O-])[N+](=O)[O-])cc1[N+](=O)[O-]. The van der Waals surface area contributed by atoms with Crippen LogP contribution in [-0.4, -0.2) is 26.8 Å². The molecule has 0 heterocycles. The van der Waals surface area contributed by atoms with Crippen LogP contribution in [0.5, 0.6) is 5.75 Å². The van der Waals surface area contributed by atoms with Gasteiger partial charge < -0.3 is 4.74 Å². The van der Waals surface area contributed by atoms with Gasteiger partial charge in [-0.2, -0.15) is 0 Å². The van der Waals surface area contributed by atoms with Crippen LogP contribution in [0.25, 0.3) is 11.8 Å². The number of nitro groups is 4. The Balaban J connectivity index is 2.69. The molecule has 0 aliphatic heterocycles. The van der Waals surface area contributed by atoms with E-state index in [9.17, 15) is 40.5 Å². The Morgan fingerprint density at radius 2 is 1.50 bits per heavy atom. The van der Waals surface area contributed by atoms with Gasteiger partial charge in [0.1, 0.15) is 5.56 Å². The molecule has 0 N–H and O–H groups in total. The van der Waals surface area contributed by atoms with E-state index in [0.717, 1.165) is 24.3 Å². The smallest absolute Gasteiger partial charge is 0.311 e. The molecule has 0 radical (unpaired) electrons. The molecule has 13 heteroatoms. The minimum atomic E-state index is -0.990. The average Bonchev–Trinajstić information content (AvgIpc) is 2.65. The van der Waals surface area contributed by atoms with E-state index in [-0.39, 0.29) is 11.3 Å². The van der Waals surface area contributed by atoms with Crippen molar-refractivity contribution >= 4 is 28.8 Å². The Labute approximate surface area is 155 Å². The third kappa shape index (κ3) is 4.04. The molecule has 0 saturated heterocycles. The first-order chi connectivity index (χ1) is 13.1. The quantitative estimate of drug-likeness (QED) is 0.389. The number of non-ortho nitro benzene ring substituents is 1. The van der Waals surface area contributed by atoms with Crippen molar-refractivity contribution in [2.75, 3.05) is 7.11 Å². The summed E-state index contributed by atoms with van der Waals surface area (Å²) < 4.78 is 4.84. The van der Waals surface area contributed by atoms with Crippen LogP contribution in [0, 0.1) is 40.5 Å². The zero-order valence-electron chi connectivity index (χ0n) is 14.0. The Bertz CT molecular complexity index is 1030. The molecular weight excluding hydrogens is 380 g/mol. The number of ether oxygens (including phenoxy) is 1. The van der Waals surface area contributed by atoms with Gasteiger partial charge in [-0.3, -0.25) is 40.5 Å². The summed E-state index contributed by atoms with van der Waals surface area (Å²) in [4.78, 5) is 41.0. The highest BCUT2D eigenvalue weighted by atomic mass is 16.6. The molecule has 144 valence electrons. The lowest BCUT2D eigenvalue weighted by atomic mass is 10.1. The van der Waals surface area contributed by atoms with Gasteiger partial charge in [-0.25, -0.2) is 0 Å². The molecule has 0 atom stereocenters. The Morgan fingerprint density at radius 1 is 0.857 bits per heavy atom. The first-order valence-corrected chi connectivity index (χ1v) is 7.27. The van der Waals surface area contributed by atoms with Crippen LogP contribution in [-0.2, 0) is 0 Å². The van der Waals surface area contributed by atoms with Crippen molar-refractivity contribution in [1.29, 1.82) is 0 Å². The average molecular weight is 390 g/mol. The van der Waals surface area contributed by atoms with Gasteiger partial charge in [0.2, 0.25) is 0 Å². The van der Waals surface area contributed by atoms with Gasteiger partial charge in [0.25, 0.3) is 17.1 Å². The number of hydrogen-bond acceptors (Lipinski definition) is 9. The minimum absolute atomic E-state index is 0.00634. The van der Waals surface area contributed by atoms with E-state index in [2.05, 4.69) is 0 Å². The highest BCUT2D eigenvalue weighted by Gasteiger charge is 2.28. The number of nitro benzene ring substituents is 3. The maximum absolute atomic E-state index is 11.5. The first-order valence-electron chi connectivity index (χ1n) is 7.27. The molecule has 2 aromatic rings. The monoisotopic (exact) mass is 390 g/mol. The zero-order valence-corrected chi connectivity index (χ0v) is 14.0. The largest absolute Gasteiger partial charge is 0.490 e. The lowest BCUT2D eigenvalue weighted by Gasteiger charge is -2.04. The Morgan fingerprint density at radius 3 is 2.00 bits per heavy atom.